The SMILES string of the molecule is CCCCCCCCC1(CCCCCCCCN)CC(CCCCCCCCN)CCC1CCCCCC. The van der Waals surface area contributed by atoms with Crippen molar-refractivity contribution in [1.82, 2.24) is 0 Å². The van der Waals surface area contributed by atoms with Gasteiger partial charge in [0.2, 0.25) is 0 Å². The minimum Gasteiger partial charge on any atom is -0.330 e. The van der Waals surface area contributed by atoms with Gasteiger partial charge in [-0.2, -0.15) is 0 Å². The van der Waals surface area contributed by atoms with Crippen LogP contribution in [0.1, 0.15) is 200 Å². The van der Waals surface area contributed by atoms with E-state index in [0.29, 0.717) is 5.41 Å². The molecule has 0 amide bonds. The minimum absolute atomic E-state index is 0.665. The van der Waals surface area contributed by atoms with Crippen molar-refractivity contribution in [2.24, 2.45) is 28.7 Å². The molecule has 3 atom stereocenters. The summed E-state index contributed by atoms with van der Waals surface area (Å²) in [4.78, 5) is 0. The number of hydrogen-bond acceptors (Lipinski definition) is 2. The quantitative estimate of drug-likeness (QED) is 0.0980. The summed E-state index contributed by atoms with van der Waals surface area (Å²) in [6, 6.07) is 0. The van der Waals surface area contributed by atoms with Gasteiger partial charge in [-0.3, -0.25) is 0 Å². The van der Waals surface area contributed by atoms with Crippen molar-refractivity contribution in [1.29, 1.82) is 0 Å². The zero-order chi connectivity index (χ0) is 27.6. The molecule has 0 heterocycles. The predicted octanol–water partition coefficient (Wildman–Crippen LogP) is 11.5. The highest BCUT2D eigenvalue weighted by Gasteiger charge is 2.42. The van der Waals surface area contributed by atoms with Crippen LogP contribution in [-0.2, 0) is 0 Å². The molecule has 0 aromatic carbocycles. The third-order valence-corrected chi connectivity index (χ3v) is 10.1. The first-order valence-electron chi connectivity index (χ1n) is 18.1. The van der Waals surface area contributed by atoms with Crippen LogP contribution < -0.4 is 11.5 Å². The molecule has 1 rings (SSSR count). The molecule has 1 fully saturated rings. The van der Waals surface area contributed by atoms with Gasteiger partial charge in [0.25, 0.3) is 0 Å². The van der Waals surface area contributed by atoms with E-state index in [1.807, 2.05) is 0 Å². The lowest BCUT2D eigenvalue weighted by Gasteiger charge is -2.48. The lowest BCUT2D eigenvalue weighted by molar-refractivity contribution is 0.0234. The van der Waals surface area contributed by atoms with E-state index in [1.54, 1.807) is 19.3 Å². The minimum atomic E-state index is 0.665. The lowest BCUT2D eigenvalue weighted by Crippen LogP contribution is -2.37. The molecule has 1 saturated carbocycles. The van der Waals surface area contributed by atoms with Crippen LogP contribution in [0.3, 0.4) is 0 Å². The Balaban J connectivity index is 2.72. The summed E-state index contributed by atoms with van der Waals surface area (Å²) in [5.74, 6) is 2.02. The van der Waals surface area contributed by atoms with E-state index in [9.17, 15) is 0 Å². The van der Waals surface area contributed by atoms with Crippen molar-refractivity contribution in [2.45, 2.75) is 200 Å². The molecule has 0 spiro atoms. The molecule has 228 valence electrons. The fourth-order valence-electron chi connectivity index (χ4n) is 7.71. The Labute approximate surface area is 241 Å². The summed E-state index contributed by atoms with van der Waals surface area (Å²) >= 11 is 0. The molecule has 1 aliphatic rings. The highest BCUT2D eigenvalue weighted by molar-refractivity contribution is 4.93. The predicted molar refractivity (Wildman–Crippen MR) is 173 cm³/mol. The Hall–Kier alpha value is -0.0800. The largest absolute Gasteiger partial charge is 0.330 e. The Kier molecular flexibility index (Phi) is 24.5. The Morgan fingerprint density at radius 1 is 0.474 bits per heavy atom. The number of nitrogens with two attached hydrogens (primary N) is 2. The van der Waals surface area contributed by atoms with Crippen LogP contribution >= 0.6 is 0 Å². The van der Waals surface area contributed by atoms with Crippen molar-refractivity contribution >= 4 is 0 Å². The van der Waals surface area contributed by atoms with Crippen LogP contribution in [0, 0.1) is 17.3 Å². The molecular formula is C36H74N2. The monoisotopic (exact) mass is 535 g/mol. The number of rotatable bonds is 28. The van der Waals surface area contributed by atoms with Gasteiger partial charge in [0.05, 0.1) is 0 Å². The van der Waals surface area contributed by atoms with E-state index in [2.05, 4.69) is 13.8 Å². The summed E-state index contributed by atoms with van der Waals surface area (Å²) < 4.78 is 0. The number of unbranched alkanes of at least 4 members (excludes halogenated alkanes) is 18. The number of hydrogen-bond donors (Lipinski definition) is 2. The lowest BCUT2D eigenvalue weighted by atomic mass is 9.57. The summed E-state index contributed by atoms with van der Waals surface area (Å²) in [6.45, 7) is 6.45. The fraction of sp³-hybridized carbons (Fsp3) is 1.00. The van der Waals surface area contributed by atoms with E-state index >= 15 is 0 Å². The van der Waals surface area contributed by atoms with E-state index in [0.717, 1.165) is 24.9 Å². The van der Waals surface area contributed by atoms with Crippen LogP contribution in [-0.4, -0.2) is 13.1 Å². The Bertz CT molecular complexity index is 476. The molecule has 0 aliphatic heterocycles. The maximum atomic E-state index is 5.72. The molecule has 0 aromatic heterocycles. The molecule has 38 heavy (non-hydrogen) atoms. The first-order chi connectivity index (χ1) is 18.7. The zero-order valence-electron chi connectivity index (χ0n) is 26.7. The third kappa shape index (κ3) is 17.6. The molecule has 0 saturated heterocycles. The van der Waals surface area contributed by atoms with Crippen LogP contribution in [0.25, 0.3) is 0 Å². The second kappa shape index (κ2) is 25.9. The molecule has 1 aliphatic carbocycles. The van der Waals surface area contributed by atoms with Gasteiger partial charge in [-0.15, -0.1) is 0 Å². The van der Waals surface area contributed by atoms with Gasteiger partial charge in [0.15, 0.2) is 0 Å². The second-order valence-corrected chi connectivity index (χ2v) is 13.4. The van der Waals surface area contributed by atoms with Gasteiger partial charge in [-0.25, -0.2) is 0 Å². The molecule has 3 unspecified atom stereocenters. The van der Waals surface area contributed by atoms with Gasteiger partial charge < -0.3 is 11.5 Å². The van der Waals surface area contributed by atoms with Crippen molar-refractivity contribution < 1.29 is 0 Å². The molecule has 2 heteroatoms. The van der Waals surface area contributed by atoms with Gasteiger partial charge in [0.1, 0.15) is 0 Å². The van der Waals surface area contributed by atoms with Gasteiger partial charge in [-0.1, -0.05) is 155 Å². The molecule has 4 N–H and O–H groups in total. The van der Waals surface area contributed by atoms with E-state index in [4.69, 9.17) is 11.5 Å². The second-order valence-electron chi connectivity index (χ2n) is 13.4. The average molecular weight is 535 g/mol. The third-order valence-electron chi connectivity index (χ3n) is 10.1. The first kappa shape index (κ1) is 35.9. The van der Waals surface area contributed by atoms with Crippen LogP contribution in [0.5, 0.6) is 0 Å². The summed E-state index contributed by atoms with van der Waals surface area (Å²) in [5.41, 5.74) is 12.1. The van der Waals surface area contributed by atoms with Gasteiger partial charge in [0, 0.05) is 0 Å². The highest BCUT2D eigenvalue weighted by atomic mass is 14.5. The van der Waals surface area contributed by atoms with E-state index in [1.165, 1.54) is 167 Å². The van der Waals surface area contributed by atoms with Crippen molar-refractivity contribution in [3.8, 4) is 0 Å². The highest BCUT2D eigenvalue weighted by Crippen LogP contribution is 2.53. The summed E-state index contributed by atoms with van der Waals surface area (Å²) in [5, 5.41) is 0. The zero-order valence-corrected chi connectivity index (χ0v) is 26.7. The molecule has 0 bridgehead atoms. The topological polar surface area (TPSA) is 52.0 Å². The summed E-state index contributed by atoms with van der Waals surface area (Å²) in [7, 11) is 0. The molecule has 0 aromatic rings. The van der Waals surface area contributed by atoms with E-state index in [-0.39, 0.29) is 0 Å². The fourth-order valence-corrected chi connectivity index (χ4v) is 7.71. The van der Waals surface area contributed by atoms with Gasteiger partial charge in [-0.05, 0) is 75.3 Å². The van der Waals surface area contributed by atoms with Crippen LogP contribution in [0.15, 0.2) is 0 Å². The Morgan fingerprint density at radius 2 is 0.895 bits per heavy atom. The van der Waals surface area contributed by atoms with Crippen LogP contribution in [0.2, 0.25) is 0 Å². The van der Waals surface area contributed by atoms with Crippen molar-refractivity contribution in [3.05, 3.63) is 0 Å². The first-order valence-corrected chi connectivity index (χ1v) is 18.1. The standard InChI is InChI=1S/C36H74N2/c1-3-5-7-9-15-21-29-36(30-22-16-11-13-18-24-32-38)33-34(25-19-14-10-12-17-23-31-37)27-28-35(36)26-20-8-6-4-2/h34-35H,3-33,37-38H2,1-2H3. The van der Waals surface area contributed by atoms with Crippen LogP contribution in [0.4, 0.5) is 0 Å². The Morgan fingerprint density at radius 3 is 1.42 bits per heavy atom. The summed E-state index contributed by atoms with van der Waals surface area (Å²) in [6.07, 6.45) is 41.9. The molecule has 2 nitrogen and oxygen atoms in total. The smallest absolute Gasteiger partial charge is 0.00773 e. The van der Waals surface area contributed by atoms with E-state index < -0.39 is 0 Å². The molecular weight excluding hydrogens is 460 g/mol. The van der Waals surface area contributed by atoms with Crippen molar-refractivity contribution in [2.75, 3.05) is 13.1 Å². The average Bonchev–Trinajstić information content (AvgIpc) is 2.93. The molecule has 0 radical (unpaired) electrons. The normalized spacial score (nSPS) is 21.8. The maximum Gasteiger partial charge on any atom is -0.00773 e. The van der Waals surface area contributed by atoms with Gasteiger partial charge >= 0.3 is 0 Å². The maximum absolute atomic E-state index is 5.72. The van der Waals surface area contributed by atoms with Crippen molar-refractivity contribution in [3.63, 3.8) is 0 Å².